The van der Waals surface area contributed by atoms with Crippen molar-refractivity contribution in [1.29, 1.82) is 0 Å². The first kappa shape index (κ1) is 14.1. The van der Waals surface area contributed by atoms with Gasteiger partial charge in [0.15, 0.2) is 0 Å². The Labute approximate surface area is 118 Å². The molecule has 1 aliphatic rings. The highest BCUT2D eigenvalue weighted by Gasteiger charge is 2.21. The SMILES string of the molecule is CC(C)(C)OC(=O)c1cc(Cl)nc(NC2CCC2)c1. The van der Waals surface area contributed by atoms with Gasteiger partial charge in [-0.25, -0.2) is 9.78 Å². The molecule has 1 aromatic rings. The van der Waals surface area contributed by atoms with E-state index in [4.69, 9.17) is 16.3 Å². The van der Waals surface area contributed by atoms with E-state index in [1.807, 2.05) is 20.8 Å². The van der Waals surface area contributed by atoms with E-state index in [-0.39, 0.29) is 5.97 Å². The van der Waals surface area contributed by atoms with Crippen LogP contribution in [0.5, 0.6) is 0 Å². The number of hydrogen-bond acceptors (Lipinski definition) is 4. The number of ether oxygens (including phenoxy) is 1. The van der Waals surface area contributed by atoms with Crippen molar-refractivity contribution in [1.82, 2.24) is 4.98 Å². The summed E-state index contributed by atoms with van der Waals surface area (Å²) >= 11 is 5.95. The Balaban J connectivity index is 2.13. The van der Waals surface area contributed by atoms with E-state index < -0.39 is 5.60 Å². The van der Waals surface area contributed by atoms with E-state index in [1.165, 1.54) is 12.5 Å². The third-order valence-corrected chi connectivity index (χ3v) is 3.08. The van der Waals surface area contributed by atoms with Crippen molar-refractivity contribution >= 4 is 23.4 Å². The van der Waals surface area contributed by atoms with Gasteiger partial charge in [0.1, 0.15) is 16.6 Å². The average Bonchev–Trinajstić information content (AvgIpc) is 2.20. The standard InChI is InChI=1S/C14H19ClN2O2/c1-14(2,3)19-13(18)9-7-11(15)17-12(8-9)16-10-5-4-6-10/h7-8,10H,4-6H2,1-3H3,(H,16,17). The van der Waals surface area contributed by atoms with Gasteiger partial charge in [0.05, 0.1) is 5.56 Å². The maximum Gasteiger partial charge on any atom is 0.338 e. The number of anilines is 1. The molecule has 0 amide bonds. The first-order chi connectivity index (χ1) is 8.83. The molecule has 1 aromatic heterocycles. The van der Waals surface area contributed by atoms with Crippen LogP contribution in [-0.2, 0) is 4.74 Å². The summed E-state index contributed by atoms with van der Waals surface area (Å²) in [6.45, 7) is 5.50. The Morgan fingerprint density at radius 2 is 2.11 bits per heavy atom. The van der Waals surface area contributed by atoms with E-state index in [2.05, 4.69) is 10.3 Å². The van der Waals surface area contributed by atoms with Crippen molar-refractivity contribution in [2.45, 2.75) is 51.7 Å². The quantitative estimate of drug-likeness (QED) is 0.679. The summed E-state index contributed by atoms with van der Waals surface area (Å²) < 4.78 is 5.33. The summed E-state index contributed by atoms with van der Waals surface area (Å²) in [4.78, 5) is 16.2. The minimum Gasteiger partial charge on any atom is -0.456 e. The van der Waals surface area contributed by atoms with E-state index in [9.17, 15) is 4.79 Å². The maximum atomic E-state index is 12.0. The number of halogens is 1. The highest BCUT2D eigenvalue weighted by atomic mass is 35.5. The van der Waals surface area contributed by atoms with Gasteiger partial charge in [-0.05, 0) is 52.2 Å². The highest BCUT2D eigenvalue weighted by Crippen LogP contribution is 2.24. The summed E-state index contributed by atoms with van der Waals surface area (Å²) in [6.07, 6.45) is 3.50. The van der Waals surface area contributed by atoms with Crippen LogP contribution in [-0.4, -0.2) is 22.6 Å². The third-order valence-electron chi connectivity index (χ3n) is 2.89. The maximum absolute atomic E-state index is 12.0. The smallest absolute Gasteiger partial charge is 0.338 e. The lowest BCUT2D eigenvalue weighted by atomic mass is 9.93. The largest absolute Gasteiger partial charge is 0.456 e. The van der Waals surface area contributed by atoms with Gasteiger partial charge >= 0.3 is 5.97 Å². The Morgan fingerprint density at radius 1 is 1.42 bits per heavy atom. The molecular formula is C14H19ClN2O2. The van der Waals surface area contributed by atoms with Crippen LogP contribution in [0.25, 0.3) is 0 Å². The van der Waals surface area contributed by atoms with E-state index in [1.54, 1.807) is 6.07 Å². The molecule has 0 aromatic carbocycles. The van der Waals surface area contributed by atoms with Crippen LogP contribution in [0.1, 0.15) is 50.4 Å². The van der Waals surface area contributed by atoms with Gasteiger partial charge < -0.3 is 10.1 Å². The zero-order valence-corrected chi connectivity index (χ0v) is 12.3. The monoisotopic (exact) mass is 282 g/mol. The Hall–Kier alpha value is -1.29. The van der Waals surface area contributed by atoms with Crippen LogP contribution in [0.2, 0.25) is 5.15 Å². The summed E-state index contributed by atoms with van der Waals surface area (Å²) in [6, 6.07) is 3.66. The van der Waals surface area contributed by atoms with Gasteiger partial charge in [-0.2, -0.15) is 0 Å². The molecular weight excluding hydrogens is 264 g/mol. The predicted molar refractivity (Wildman–Crippen MR) is 75.7 cm³/mol. The average molecular weight is 283 g/mol. The number of pyridine rings is 1. The number of carbonyl (C=O) groups is 1. The number of aromatic nitrogens is 1. The third kappa shape index (κ3) is 4.10. The molecule has 0 saturated heterocycles. The number of nitrogens with one attached hydrogen (secondary N) is 1. The zero-order chi connectivity index (χ0) is 14.0. The van der Waals surface area contributed by atoms with Gasteiger partial charge in [0.25, 0.3) is 0 Å². The fourth-order valence-electron chi connectivity index (χ4n) is 1.79. The Kier molecular flexibility index (Phi) is 3.99. The lowest BCUT2D eigenvalue weighted by molar-refractivity contribution is 0.00694. The summed E-state index contributed by atoms with van der Waals surface area (Å²) in [7, 11) is 0. The highest BCUT2D eigenvalue weighted by molar-refractivity contribution is 6.29. The topological polar surface area (TPSA) is 51.2 Å². The van der Waals surface area contributed by atoms with Crippen LogP contribution in [0, 0.1) is 0 Å². The molecule has 0 bridgehead atoms. The second-order valence-corrected chi connectivity index (χ2v) is 6.23. The van der Waals surface area contributed by atoms with Gasteiger partial charge in [0.2, 0.25) is 0 Å². The second-order valence-electron chi connectivity index (χ2n) is 5.84. The molecule has 5 heteroatoms. The van der Waals surface area contributed by atoms with Crippen molar-refractivity contribution in [3.05, 3.63) is 22.8 Å². The predicted octanol–water partition coefficient (Wildman–Crippen LogP) is 3.65. The molecule has 0 aliphatic heterocycles. The normalized spacial score (nSPS) is 15.8. The van der Waals surface area contributed by atoms with Gasteiger partial charge in [-0.3, -0.25) is 0 Å². The van der Waals surface area contributed by atoms with Gasteiger partial charge in [0, 0.05) is 6.04 Å². The first-order valence-corrected chi connectivity index (χ1v) is 6.89. The fourth-order valence-corrected chi connectivity index (χ4v) is 2.00. The van der Waals surface area contributed by atoms with Gasteiger partial charge in [-0.1, -0.05) is 11.6 Å². The van der Waals surface area contributed by atoms with Gasteiger partial charge in [-0.15, -0.1) is 0 Å². The number of carbonyl (C=O) groups excluding carboxylic acids is 1. The van der Waals surface area contributed by atoms with Crippen molar-refractivity contribution in [2.75, 3.05) is 5.32 Å². The van der Waals surface area contributed by atoms with Crippen LogP contribution >= 0.6 is 11.6 Å². The number of rotatable bonds is 3. The van der Waals surface area contributed by atoms with E-state index in [0.29, 0.717) is 22.6 Å². The summed E-state index contributed by atoms with van der Waals surface area (Å²) in [5.41, 5.74) is -0.0919. The molecule has 1 N–H and O–H groups in total. The lowest BCUT2D eigenvalue weighted by Crippen LogP contribution is -2.28. The second kappa shape index (κ2) is 5.37. The van der Waals surface area contributed by atoms with E-state index >= 15 is 0 Å². The van der Waals surface area contributed by atoms with Crippen LogP contribution in [0.4, 0.5) is 5.82 Å². The molecule has 1 aliphatic carbocycles. The molecule has 1 fully saturated rings. The number of hydrogen-bond donors (Lipinski definition) is 1. The molecule has 19 heavy (non-hydrogen) atoms. The van der Waals surface area contributed by atoms with Crippen LogP contribution in [0.15, 0.2) is 12.1 Å². The van der Waals surface area contributed by atoms with Crippen molar-refractivity contribution < 1.29 is 9.53 Å². The number of esters is 1. The molecule has 0 spiro atoms. The Morgan fingerprint density at radius 3 is 2.63 bits per heavy atom. The Bertz CT molecular complexity index is 479. The molecule has 0 radical (unpaired) electrons. The molecule has 2 rings (SSSR count). The zero-order valence-electron chi connectivity index (χ0n) is 11.5. The molecule has 1 heterocycles. The molecule has 4 nitrogen and oxygen atoms in total. The van der Waals surface area contributed by atoms with Crippen LogP contribution in [0.3, 0.4) is 0 Å². The summed E-state index contributed by atoms with van der Waals surface area (Å²) in [5, 5.41) is 3.57. The molecule has 0 unspecified atom stereocenters. The van der Waals surface area contributed by atoms with Crippen molar-refractivity contribution in [3.63, 3.8) is 0 Å². The molecule has 0 atom stereocenters. The first-order valence-electron chi connectivity index (χ1n) is 6.51. The van der Waals surface area contributed by atoms with Crippen molar-refractivity contribution in [2.24, 2.45) is 0 Å². The fraction of sp³-hybridized carbons (Fsp3) is 0.571. The summed E-state index contributed by atoms with van der Waals surface area (Å²) in [5.74, 6) is 0.256. The minimum absolute atomic E-state index is 0.296. The van der Waals surface area contributed by atoms with Crippen LogP contribution < -0.4 is 5.32 Å². The number of nitrogens with zero attached hydrogens (tertiary/aromatic N) is 1. The molecule has 1 saturated carbocycles. The lowest BCUT2D eigenvalue weighted by Gasteiger charge is -2.27. The minimum atomic E-state index is -0.519. The van der Waals surface area contributed by atoms with Crippen molar-refractivity contribution in [3.8, 4) is 0 Å². The van der Waals surface area contributed by atoms with E-state index in [0.717, 1.165) is 12.8 Å². The molecule has 104 valence electrons.